The summed E-state index contributed by atoms with van der Waals surface area (Å²) in [4.78, 5) is 31.6. The van der Waals surface area contributed by atoms with Crippen LogP contribution in [-0.4, -0.2) is 28.3 Å². The molecule has 0 saturated heterocycles. The van der Waals surface area contributed by atoms with Gasteiger partial charge in [-0.05, 0) is 42.7 Å². The highest BCUT2D eigenvalue weighted by Crippen LogP contribution is 2.17. The van der Waals surface area contributed by atoms with Crippen LogP contribution in [0, 0.1) is 0 Å². The van der Waals surface area contributed by atoms with Crippen LogP contribution in [0.25, 0.3) is 0 Å². The number of rotatable bonds is 8. The predicted octanol–water partition coefficient (Wildman–Crippen LogP) is 3.54. The van der Waals surface area contributed by atoms with Gasteiger partial charge in [-0.1, -0.05) is 30.3 Å². The molecular weight excluding hydrogens is 366 g/mol. The maximum absolute atomic E-state index is 12.2. The van der Waals surface area contributed by atoms with Crippen molar-refractivity contribution in [3.8, 4) is 0 Å². The number of hydrogen-bond acceptors (Lipinski definition) is 5. The van der Waals surface area contributed by atoms with Crippen molar-refractivity contribution in [1.29, 1.82) is 0 Å². The van der Waals surface area contributed by atoms with Gasteiger partial charge in [0.2, 0.25) is 5.91 Å². The van der Waals surface area contributed by atoms with Crippen LogP contribution >= 0.6 is 0 Å². The molecule has 0 fully saturated rings. The third-order valence-corrected chi connectivity index (χ3v) is 4.13. The zero-order chi connectivity index (χ0) is 20.5. The molecule has 148 valence electrons. The molecule has 3 rings (SSSR count). The number of carbonyl (C=O) groups is 2. The zero-order valence-corrected chi connectivity index (χ0v) is 16.2. The lowest BCUT2D eigenvalue weighted by atomic mass is 10.1. The summed E-state index contributed by atoms with van der Waals surface area (Å²) in [5.74, 6) is 0.167. The van der Waals surface area contributed by atoms with Gasteiger partial charge in [-0.2, -0.15) is 0 Å². The number of nitrogens with one attached hydrogen (secondary N) is 3. The fraction of sp³-hybridized carbons (Fsp3) is 0.182. The lowest BCUT2D eigenvalue weighted by Gasteiger charge is -2.08. The molecule has 0 spiro atoms. The van der Waals surface area contributed by atoms with Crippen molar-refractivity contribution in [3.05, 3.63) is 78.2 Å². The molecule has 1 heterocycles. The lowest BCUT2D eigenvalue weighted by Crippen LogP contribution is -2.25. The van der Waals surface area contributed by atoms with E-state index >= 15 is 0 Å². The summed E-state index contributed by atoms with van der Waals surface area (Å²) in [6.07, 6.45) is 4.73. The molecule has 0 radical (unpaired) electrons. The first kappa shape index (κ1) is 20.0. The van der Waals surface area contributed by atoms with Gasteiger partial charge >= 0.3 is 0 Å². The van der Waals surface area contributed by atoms with Crippen molar-refractivity contribution >= 4 is 29.0 Å². The van der Waals surface area contributed by atoms with Crippen LogP contribution in [0.15, 0.2) is 67.0 Å². The Morgan fingerprint density at radius 3 is 2.28 bits per heavy atom. The van der Waals surface area contributed by atoms with E-state index in [0.29, 0.717) is 18.1 Å². The van der Waals surface area contributed by atoms with Crippen molar-refractivity contribution < 1.29 is 9.59 Å². The first-order valence-corrected chi connectivity index (χ1v) is 9.39. The van der Waals surface area contributed by atoms with E-state index in [1.807, 2.05) is 30.3 Å². The van der Waals surface area contributed by atoms with Gasteiger partial charge in [0.1, 0.15) is 11.5 Å². The van der Waals surface area contributed by atoms with Crippen molar-refractivity contribution in [3.63, 3.8) is 0 Å². The number of nitrogens with zero attached hydrogens (tertiary/aromatic N) is 2. The largest absolute Gasteiger partial charge is 0.351 e. The van der Waals surface area contributed by atoms with Crippen LogP contribution in [-0.2, 0) is 11.2 Å². The molecule has 0 saturated carbocycles. The molecule has 0 aliphatic carbocycles. The average Bonchev–Trinajstić information content (AvgIpc) is 2.73. The van der Waals surface area contributed by atoms with E-state index in [1.165, 1.54) is 24.9 Å². The van der Waals surface area contributed by atoms with Gasteiger partial charge in [0.05, 0.1) is 12.4 Å². The molecule has 0 aliphatic heterocycles. The highest BCUT2D eigenvalue weighted by Gasteiger charge is 2.07. The smallest absolute Gasteiger partial charge is 0.271 e. The number of carbonyl (C=O) groups excluding carboxylic acids is 2. The van der Waals surface area contributed by atoms with Crippen molar-refractivity contribution in [1.82, 2.24) is 15.3 Å². The summed E-state index contributed by atoms with van der Waals surface area (Å²) in [5, 5.41) is 8.67. The molecule has 2 amide bonds. The molecule has 1 aromatic heterocycles. The minimum atomic E-state index is -0.239. The Hall–Kier alpha value is -3.74. The van der Waals surface area contributed by atoms with Crippen molar-refractivity contribution in [2.45, 2.75) is 19.8 Å². The summed E-state index contributed by atoms with van der Waals surface area (Å²) >= 11 is 0. The maximum atomic E-state index is 12.2. The van der Waals surface area contributed by atoms with Crippen molar-refractivity contribution in [2.75, 3.05) is 17.2 Å². The number of amides is 2. The Labute approximate surface area is 169 Å². The standard InChI is InChI=1S/C22H23N5O2/c1-16(28)26-18-9-11-19(12-10-18)27-21-15-24-20(14-25-21)22(29)23-13-5-8-17-6-3-2-4-7-17/h2-4,6-7,9-12,14-15H,5,8,13H2,1H3,(H,23,29)(H,25,27)(H,26,28). The quantitative estimate of drug-likeness (QED) is 0.512. The van der Waals surface area contributed by atoms with Crippen LogP contribution < -0.4 is 16.0 Å². The molecule has 7 nitrogen and oxygen atoms in total. The van der Waals surface area contributed by atoms with Crippen LogP contribution in [0.3, 0.4) is 0 Å². The number of benzene rings is 2. The number of anilines is 3. The highest BCUT2D eigenvalue weighted by atomic mass is 16.2. The van der Waals surface area contributed by atoms with Gasteiger partial charge in [0.25, 0.3) is 5.91 Å². The number of aryl methyl sites for hydroxylation is 1. The fourth-order valence-corrected chi connectivity index (χ4v) is 2.73. The molecule has 0 unspecified atom stereocenters. The maximum Gasteiger partial charge on any atom is 0.271 e. The van der Waals surface area contributed by atoms with E-state index in [1.54, 1.807) is 12.1 Å². The van der Waals surface area contributed by atoms with Gasteiger partial charge in [0.15, 0.2) is 0 Å². The SMILES string of the molecule is CC(=O)Nc1ccc(Nc2cnc(C(=O)NCCCc3ccccc3)cn2)cc1. The molecule has 0 aliphatic rings. The molecule has 29 heavy (non-hydrogen) atoms. The van der Waals surface area contributed by atoms with Gasteiger partial charge < -0.3 is 16.0 Å². The molecule has 3 N–H and O–H groups in total. The molecule has 7 heteroatoms. The Bertz CT molecular complexity index is 941. The van der Waals surface area contributed by atoms with Gasteiger partial charge in [0, 0.05) is 24.8 Å². The summed E-state index contributed by atoms with van der Waals surface area (Å²) in [6.45, 7) is 2.04. The average molecular weight is 389 g/mol. The first-order chi connectivity index (χ1) is 14.1. The van der Waals surface area contributed by atoms with Crippen LogP contribution in [0.1, 0.15) is 29.4 Å². The monoisotopic (exact) mass is 389 g/mol. The van der Waals surface area contributed by atoms with Crippen LogP contribution in [0.2, 0.25) is 0 Å². The second-order valence-electron chi connectivity index (χ2n) is 6.52. The lowest BCUT2D eigenvalue weighted by molar-refractivity contribution is -0.114. The minimum Gasteiger partial charge on any atom is -0.351 e. The number of aromatic nitrogens is 2. The Balaban J connectivity index is 1.46. The molecular formula is C22H23N5O2. The topological polar surface area (TPSA) is 96.0 Å². The third-order valence-electron chi connectivity index (χ3n) is 4.13. The predicted molar refractivity (Wildman–Crippen MR) is 113 cm³/mol. The fourth-order valence-electron chi connectivity index (χ4n) is 2.73. The summed E-state index contributed by atoms with van der Waals surface area (Å²) < 4.78 is 0. The second kappa shape index (κ2) is 9.98. The van der Waals surface area contributed by atoms with E-state index in [9.17, 15) is 9.59 Å². The normalized spacial score (nSPS) is 10.2. The van der Waals surface area contributed by atoms with E-state index in [4.69, 9.17) is 0 Å². The second-order valence-corrected chi connectivity index (χ2v) is 6.52. The van der Waals surface area contributed by atoms with E-state index in [-0.39, 0.29) is 17.5 Å². The minimum absolute atomic E-state index is 0.120. The van der Waals surface area contributed by atoms with Crippen LogP contribution in [0.4, 0.5) is 17.2 Å². The van der Waals surface area contributed by atoms with Gasteiger partial charge in [-0.25, -0.2) is 9.97 Å². The van der Waals surface area contributed by atoms with Crippen molar-refractivity contribution in [2.24, 2.45) is 0 Å². The Kier molecular flexibility index (Phi) is 6.89. The van der Waals surface area contributed by atoms with E-state index < -0.39 is 0 Å². The highest BCUT2D eigenvalue weighted by molar-refractivity contribution is 5.92. The molecule has 0 bridgehead atoms. The summed E-state index contributed by atoms with van der Waals surface area (Å²) in [5.41, 5.74) is 3.04. The Morgan fingerprint density at radius 1 is 0.897 bits per heavy atom. The third kappa shape index (κ3) is 6.42. The Morgan fingerprint density at radius 2 is 1.62 bits per heavy atom. The van der Waals surface area contributed by atoms with E-state index in [0.717, 1.165) is 18.5 Å². The number of hydrogen-bond donors (Lipinski definition) is 3. The van der Waals surface area contributed by atoms with Gasteiger partial charge in [-0.15, -0.1) is 0 Å². The zero-order valence-electron chi connectivity index (χ0n) is 16.2. The summed E-state index contributed by atoms with van der Waals surface area (Å²) in [7, 11) is 0. The molecule has 3 aromatic rings. The molecule has 0 atom stereocenters. The molecule has 2 aromatic carbocycles. The van der Waals surface area contributed by atoms with E-state index in [2.05, 4.69) is 38.1 Å². The first-order valence-electron chi connectivity index (χ1n) is 9.39. The van der Waals surface area contributed by atoms with Crippen LogP contribution in [0.5, 0.6) is 0 Å². The summed E-state index contributed by atoms with van der Waals surface area (Å²) in [6, 6.07) is 17.4. The van der Waals surface area contributed by atoms with Gasteiger partial charge in [-0.3, -0.25) is 9.59 Å².